The predicted molar refractivity (Wildman–Crippen MR) is 71.5 cm³/mol. The van der Waals surface area contributed by atoms with Gasteiger partial charge in [0.25, 0.3) is 0 Å². The number of halogens is 2. The summed E-state index contributed by atoms with van der Waals surface area (Å²) in [5.74, 6) is 0. The van der Waals surface area contributed by atoms with Gasteiger partial charge in [-0.05, 0) is 35.0 Å². The minimum Gasteiger partial charge on any atom is -0.0837 e. The number of hydrogen-bond donors (Lipinski definition) is 0. The lowest BCUT2D eigenvalue weighted by molar-refractivity contribution is 1.76. The molecule has 16 heavy (non-hydrogen) atoms. The van der Waals surface area contributed by atoms with Gasteiger partial charge in [0.1, 0.15) is 0 Å². The molecule has 0 unspecified atom stereocenters. The fourth-order valence-electron chi connectivity index (χ4n) is 1.97. The molecule has 0 N–H and O–H groups in total. The Hall–Kier alpha value is -1.24. The molecule has 0 aliphatic heterocycles. The molecule has 78 valence electrons. The third-order valence-corrected chi connectivity index (χ3v) is 3.43. The molecule has 2 heteroatoms. The topological polar surface area (TPSA) is 0 Å². The molecule has 3 rings (SSSR count). The Balaban J connectivity index is 2.54. The Morgan fingerprint density at radius 2 is 1.06 bits per heavy atom. The number of fused-ring (bicyclic) bond motifs is 2. The van der Waals surface area contributed by atoms with E-state index < -0.39 is 0 Å². The smallest absolute Gasteiger partial charge is 0.0484 e. The monoisotopic (exact) mass is 246 g/mol. The van der Waals surface area contributed by atoms with E-state index in [2.05, 4.69) is 12.1 Å². The van der Waals surface area contributed by atoms with Crippen LogP contribution >= 0.6 is 23.2 Å². The highest BCUT2D eigenvalue weighted by Gasteiger charge is 2.03. The number of rotatable bonds is 0. The lowest BCUT2D eigenvalue weighted by Gasteiger charge is -2.05. The van der Waals surface area contributed by atoms with Crippen molar-refractivity contribution in [3.05, 3.63) is 58.6 Å². The fraction of sp³-hybridized carbons (Fsp3) is 0. The molecule has 0 radical (unpaired) electrons. The molecule has 0 aliphatic rings. The first kappa shape index (κ1) is 9.95. The maximum atomic E-state index is 6.16. The lowest BCUT2D eigenvalue weighted by Crippen LogP contribution is -1.78. The second kappa shape index (κ2) is 3.65. The summed E-state index contributed by atoms with van der Waals surface area (Å²) in [5.41, 5.74) is 0. The second-order valence-electron chi connectivity index (χ2n) is 3.77. The van der Waals surface area contributed by atoms with Crippen LogP contribution < -0.4 is 0 Å². The minimum absolute atomic E-state index is 0.777. The molecule has 3 aromatic carbocycles. The van der Waals surface area contributed by atoms with Gasteiger partial charge in [-0.1, -0.05) is 47.5 Å². The first-order valence-electron chi connectivity index (χ1n) is 5.02. The van der Waals surface area contributed by atoms with Crippen LogP contribution in [0.15, 0.2) is 48.5 Å². The maximum Gasteiger partial charge on any atom is 0.0484 e. The molecule has 0 saturated heterocycles. The summed E-state index contributed by atoms with van der Waals surface area (Å²) < 4.78 is 0. The van der Waals surface area contributed by atoms with Crippen molar-refractivity contribution in [1.82, 2.24) is 0 Å². The van der Waals surface area contributed by atoms with E-state index in [0.29, 0.717) is 0 Å². The van der Waals surface area contributed by atoms with Crippen molar-refractivity contribution in [2.45, 2.75) is 0 Å². The van der Waals surface area contributed by atoms with Crippen LogP contribution in [0.1, 0.15) is 0 Å². The van der Waals surface area contributed by atoms with Gasteiger partial charge in [0.05, 0.1) is 0 Å². The number of benzene rings is 3. The average Bonchev–Trinajstić information content (AvgIpc) is 2.29. The van der Waals surface area contributed by atoms with Gasteiger partial charge in [-0.3, -0.25) is 0 Å². The van der Waals surface area contributed by atoms with Crippen molar-refractivity contribution in [3.8, 4) is 0 Å². The van der Waals surface area contributed by atoms with Crippen LogP contribution in [0.5, 0.6) is 0 Å². The first-order chi connectivity index (χ1) is 7.75. The van der Waals surface area contributed by atoms with E-state index in [-0.39, 0.29) is 0 Å². The molecule has 0 heterocycles. The Labute approximate surface area is 103 Å². The molecule has 0 nitrogen and oxygen atoms in total. The van der Waals surface area contributed by atoms with Gasteiger partial charge in [-0.2, -0.15) is 0 Å². The van der Waals surface area contributed by atoms with E-state index in [1.54, 1.807) is 0 Å². The molecule has 0 aliphatic carbocycles. The van der Waals surface area contributed by atoms with Crippen LogP contribution in [0.25, 0.3) is 21.5 Å². The van der Waals surface area contributed by atoms with Crippen molar-refractivity contribution >= 4 is 44.7 Å². The molecule has 0 fully saturated rings. The highest BCUT2D eigenvalue weighted by Crippen LogP contribution is 2.31. The van der Waals surface area contributed by atoms with Crippen molar-refractivity contribution < 1.29 is 0 Å². The predicted octanol–water partition coefficient (Wildman–Crippen LogP) is 5.30. The molecular formula is C14H8Cl2. The normalized spacial score (nSPS) is 11.1. The van der Waals surface area contributed by atoms with Crippen LogP contribution in [0.3, 0.4) is 0 Å². The Kier molecular flexibility index (Phi) is 2.27. The summed E-state index contributed by atoms with van der Waals surface area (Å²) in [6.45, 7) is 0. The summed E-state index contributed by atoms with van der Waals surface area (Å²) in [4.78, 5) is 0. The van der Waals surface area contributed by atoms with E-state index in [4.69, 9.17) is 23.2 Å². The van der Waals surface area contributed by atoms with Gasteiger partial charge >= 0.3 is 0 Å². The van der Waals surface area contributed by atoms with Crippen molar-refractivity contribution in [2.75, 3.05) is 0 Å². The summed E-state index contributed by atoms with van der Waals surface area (Å²) in [6.07, 6.45) is 0. The first-order valence-corrected chi connectivity index (χ1v) is 5.78. The lowest BCUT2D eigenvalue weighted by atomic mass is 10.0. The Morgan fingerprint density at radius 1 is 0.625 bits per heavy atom. The zero-order valence-corrected chi connectivity index (χ0v) is 9.89. The molecule has 3 aromatic rings. The molecule has 0 amide bonds. The van der Waals surface area contributed by atoms with E-state index >= 15 is 0 Å². The van der Waals surface area contributed by atoms with Crippen LogP contribution in [0, 0.1) is 0 Å². The fourth-order valence-corrected chi connectivity index (χ4v) is 2.45. The second-order valence-corrected chi connectivity index (χ2v) is 4.59. The van der Waals surface area contributed by atoms with Crippen molar-refractivity contribution in [3.63, 3.8) is 0 Å². The summed E-state index contributed by atoms with van der Waals surface area (Å²) in [5, 5.41) is 5.93. The van der Waals surface area contributed by atoms with Gasteiger partial charge in [-0.25, -0.2) is 0 Å². The van der Waals surface area contributed by atoms with Crippen LogP contribution in [0.4, 0.5) is 0 Å². The third kappa shape index (κ3) is 1.46. The highest BCUT2D eigenvalue weighted by molar-refractivity contribution is 6.37. The van der Waals surface area contributed by atoms with Gasteiger partial charge in [0.15, 0.2) is 0 Å². The van der Waals surface area contributed by atoms with Crippen molar-refractivity contribution in [1.29, 1.82) is 0 Å². The standard InChI is InChI=1S/C14H8Cl2/c15-13-5-1-3-9-7-12-10(8-11(9)13)4-2-6-14(12)16/h1-8H. The van der Waals surface area contributed by atoms with E-state index in [1.165, 1.54) is 0 Å². The molecule has 0 bridgehead atoms. The van der Waals surface area contributed by atoms with Gasteiger partial charge in [0.2, 0.25) is 0 Å². The SMILES string of the molecule is Clc1cccc2cc3c(Cl)cccc3cc12. The molecule has 0 spiro atoms. The van der Waals surface area contributed by atoms with Crippen LogP contribution in [0.2, 0.25) is 10.0 Å². The Bertz CT molecular complexity index is 625. The third-order valence-electron chi connectivity index (χ3n) is 2.77. The van der Waals surface area contributed by atoms with Crippen molar-refractivity contribution in [2.24, 2.45) is 0 Å². The Morgan fingerprint density at radius 3 is 1.50 bits per heavy atom. The largest absolute Gasteiger partial charge is 0.0837 e. The van der Waals surface area contributed by atoms with Gasteiger partial charge in [-0.15, -0.1) is 0 Å². The maximum absolute atomic E-state index is 6.16. The highest BCUT2D eigenvalue weighted by atomic mass is 35.5. The number of hydrogen-bond acceptors (Lipinski definition) is 0. The zero-order valence-electron chi connectivity index (χ0n) is 8.37. The molecular weight excluding hydrogens is 239 g/mol. The van der Waals surface area contributed by atoms with E-state index in [9.17, 15) is 0 Å². The zero-order chi connectivity index (χ0) is 11.1. The molecule has 0 saturated carbocycles. The van der Waals surface area contributed by atoms with Gasteiger partial charge in [0, 0.05) is 20.8 Å². The summed E-state index contributed by atoms with van der Waals surface area (Å²) in [6, 6.07) is 16.0. The van der Waals surface area contributed by atoms with E-state index in [0.717, 1.165) is 31.6 Å². The summed E-state index contributed by atoms with van der Waals surface area (Å²) >= 11 is 12.3. The van der Waals surface area contributed by atoms with Crippen LogP contribution in [-0.2, 0) is 0 Å². The summed E-state index contributed by atoms with van der Waals surface area (Å²) in [7, 11) is 0. The molecule has 0 aromatic heterocycles. The quantitative estimate of drug-likeness (QED) is 0.473. The van der Waals surface area contributed by atoms with E-state index in [1.807, 2.05) is 36.4 Å². The molecule has 0 atom stereocenters. The average molecular weight is 247 g/mol. The van der Waals surface area contributed by atoms with Crippen LogP contribution in [-0.4, -0.2) is 0 Å². The minimum atomic E-state index is 0.777. The van der Waals surface area contributed by atoms with Gasteiger partial charge < -0.3 is 0 Å².